The number of carbonyl (C=O) groups is 2. The standard InChI is InChI=1S/C17H25NO5Si/c1-5-11-22-17(20)18-14(13-10-9-12-21-13)15(16(18)19)23-24(6-2,7-3)8-4/h5,9-10,12,14-15H,1,6-8,11H2,2-4H3. The summed E-state index contributed by atoms with van der Waals surface area (Å²) in [5.41, 5.74) is 0. The fourth-order valence-electron chi connectivity index (χ4n) is 2.99. The van der Waals surface area contributed by atoms with Crippen molar-refractivity contribution in [3.05, 3.63) is 36.8 Å². The summed E-state index contributed by atoms with van der Waals surface area (Å²) in [7, 11) is -1.99. The van der Waals surface area contributed by atoms with Crippen molar-refractivity contribution >= 4 is 20.3 Å². The number of ether oxygens (including phenoxy) is 1. The van der Waals surface area contributed by atoms with Crippen LogP contribution < -0.4 is 0 Å². The second-order valence-electron chi connectivity index (χ2n) is 5.82. The van der Waals surface area contributed by atoms with Gasteiger partial charge in [0.15, 0.2) is 14.4 Å². The molecule has 0 radical (unpaired) electrons. The predicted octanol–water partition coefficient (Wildman–Crippen LogP) is 3.88. The minimum Gasteiger partial charge on any atom is -0.467 e. The number of hydrogen-bond acceptors (Lipinski definition) is 5. The smallest absolute Gasteiger partial charge is 0.417 e. The van der Waals surface area contributed by atoms with Gasteiger partial charge in [-0.2, -0.15) is 0 Å². The van der Waals surface area contributed by atoms with Gasteiger partial charge in [0.05, 0.1) is 6.26 Å². The average Bonchev–Trinajstić information content (AvgIpc) is 3.12. The summed E-state index contributed by atoms with van der Waals surface area (Å²) < 4.78 is 16.8. The molecule has 0 saturated carbocycles. The summed E-state index contributed by atoms with van der Waals surface area (Å²) in [5.74, 6) is 0.166. The molecule has 1 fully saturated rings. The van der Waals surface area contributed by atoms with E-state index in [4.69, 9.17) is 13.6 Å². The van der Waals surface area contributed by atoms with Crippen LogP contribution in [0.25, 0.3) is 0 Å². The van der Waals surface area contributed by atoms with E-state index in [2.05, 4.69) is 27.4 Å². The third-order valence-corrected chi connectivity index (χ3v) is 9.33. The number of hydrogen-bond donors (Lipinski definition) is 0. The van der Waals surface area contributed by atoms with Crippen molar-refractivity contribution in [3.63, 3.8) is 0 Å². The van der Waals surface area contributed by atoms with E-state index in [1.807, 2.05) is 0 Å². The Morgan fingerprint density at radius 3 is 2.54 bits per heavy atom. The van der Waals surface area contributed by atoms with Crippen LogP contribution in [0.15, 0.2) is 35.5 Å². The first-order valence-electron chi connectivity index (χ1n) is 8.35. The zero-order valence-corrected chi connectivity index (χ0v) is 15.5. The van der Waals surface area contributed by atoms with Gasteiger partial charge in [0.25, 0.3) is 5.91 Å². The minimum atomic E-state index is -1.99. The Labute approximate surface area is 143 Å². The molecule has 0 aliphatic carbocycles. The maximum atomic E-state index is 12.6. The third kappa shape index (κ3) is 3.32. The number of imide groups is 1. The van der Waals surface area contributed by atoms with Crippen LogP contribution in [0.5, 0.6) is 0 Å². The Hall–Kier alpha value is -1.86. The van der Waals surface area contributed by atoms with Gasteiger partial charge >= 0.3 is 6.09 Å². The summed E-state index contributed by atoms with van der Waals surface area (Å²) in [6, 6.07) is 5.68. The average molecular weight is 351 g/mol. The number of amides is 2. The molecular weight excluding hydrogens is 326 g/mol. The number of carbonyl (C=O) groups excluding carboxylic acids is 2. The summed E-state index contributed by atoms with van der Waals surface area (Å²) >= 11 is 0. The Balaban J connectivity index is 2.23. The molecule has 1 aromatic heterocycles. The summed E-state index contributed by atoms with van der Waals surface area (Å²) in [5, 5.41) is 0. The van der Waals surface area contributed by atoms with Crippen LogP contribution in [0.2, 0.25) is 18.1 Å². The number of rotatable bonds is 8. The van der Waals surface area contributed by atoms with Crippen LogP contribution >= 0.6 is 0 Å². The molecule has 2 rings (SSSR count). The molecule has 0 bridgehead atoms. The monoisotopic (exact) mass is 351 g/mol. The molecule has 7 heteroatoms. The number of β-lactam (4-membered cyclic amide) rings is 1. The molecule has 1 aliphatic heterocycles. The zero-order chi connectivity index (χ0) is 17.7. The number of furan rings is 1. The zero-order valence-electron chi connectivity index (χ0n) is 14.5. The molecule has 2 unspecified atom stereocenters. The van der Waals surface area contributed by atoms with Crippen LogP contribution in [0.4, 0.5) is 4.79 Å². The molecule has 132 valence electrons. The molecule has 6 nitrogen and oxygen atoms in total. The highest BCUT2D eigenvalue weighted by molar-refractivity contribution is 6.73. The van der Waals surface area contributed by atoms with Crippen LogP contribution in [-0.4, -0.2) is 37.9 Å². The Bertz CT molecular complexity index is 574. The second-order valence-corrected chi connectivity index (χ2v) is 10.5. The predicted molar refractivity (Wildman–Crippen MR) is 91.9 cm³/mol. The fraction of sp³-hybridized carbons (Fsp3) is 0.529. The van der Waals surface area contributed by atoms with Crippen molar-refractivity contribution in [1.29, 1.82) is 0 Å². The lowest BCUT2D eigenvalue weighted by Crippen LogP contribution is -2.64. The van der Waals surface area contributed by atoms with Gasteiger partial charge in [0, 0.05) is 0 Å². The molecular formula is C17H25NO5Si. The second kappa shape index (κ2) is 7.81. The van der Waals surface area contributed by atoms with Crippen molar-refractivity contribution < 1.29 is 23.2 Å². The van der Waals surface area contributed by atoms with Crippen LogP contribution in [0.3, 0.4) is 0 Å². The maximum absolute atomic E-state index is 12.6. The first-order valence-corrected chi connectivity index (χ1v) is 10.9. The fourth-order valence-corrected chi connectivity index (χ4v) is 5.75. The first kappa shape index (κ1) is 18.5. The minimum absolute atomic E-state index is 0.0522. The van der Waals surface area contributed by atoms with Crippen molar-refractivity contribution in [2.75, 3.05) is 6.61 Å². The largest absolute Gasteiger partial charge is 0.467 e. The van der Waals surface area contributed by atoms with E-state index in [9.17, 15) is 9.59 Å². The highest BCUT2D eigenvalue weighted by atomic mass is 28.4. The van der Waals surface area contributed by atoms with E-state index in [1.165, 1.54) is 12.3 Å². The lowest BCUT2D eigenvalue weighted by atomic mass is 9.96. The summed E-state index contributed by atoms with van der Waals surface area (Å²) in [4.78, 5) is 25.8. The van der Waals surface area contributed by atoms with E-state index in [0.717, 1.165) is 23.0 Å². The van der Waals surface area contributed by atoms with E-state index in [1.54, 1.807) is 12.1 Å². The van der Waals surface area contributed by atoms with E-state index in [-0.39, 0.29) is 12.5 Å². The summed E-state index contributed by atoms with van der Waals surface area (Å²) in [6.07, 6.45) is 1.60. The molecule has 0 aromatic carbocycles. The topological polar surface area (TPSA) is 69.0 Å². The molecule has 0 spiro atoms. The lowest BCUT2D eigenvalue weighted by molar-refractivity contribution is -0.162. The lowest BCUT2D eigenvalue weighted by Gasteiger charge is -2.46. The van der Waals surface area contributed by atoms with Crippen molar-refractivity contribution in [2.45, 2.75) is 51.0 Å². The van der Waals surface area contributed by atoms with Crippen LogP contribution in [0.1, 0.15) is 32.6 Å². The maximum Gasteiger partial charge on any atom is 0.417 e. The number of likely N-dealkylation sites (tertiary alicyclic amines) is 1. The Kier molecular flexibility index (Phi) is 6.01. The molecule has 2 atom stereocenters. The quantitative estimate of drug-likeness (QED) is 0.404. The van der Waals surface area contributed by atoms with Gasteiger partial charge in [-0.3, -0.25) is 4.79 Å². The highest BCUT2D eigenvalue weighted by Gasteiger charge is 2.56. The van der Waals surface area contributed by atoms with Crippen LogP contribution in [-0.2, 0) is 14.0 Å². The van der Waals surface area contributed by atoms with Gasteiger partial charge < -0.3 is 13.6 Å². The highest BCUT2D eigenvalue weighted by Crippen LogP contribution is 2.40. The van der Waals surface area contributed by atoms with Gasteiger partial charge in [-0.1, -0.05) is 33.4 Å². The molecule has 2 heterocycles. The van der Waals surface area contributed by atoms with Gasteiger partial charge in [0.1, 0.15) is 18.4 Å². The molecule has 24 heavy (non-hydrogen) atoms. The number of nitrogens with zero attached hydrogens (tertiary/aromatic N) is 1. The molecule has 1 aliphatic rings. The van der Waals surface area contributed by atoms with Gasteiger partial charge in [-0.25, -0.2) is 9.69 Å². The van der Waals surface area contributed by atoms with Gasteiger partial charge in [-0.15, -0.1) is 0 Å². The third-order valence-electron chi connectivity index (χ3n) is 4.71. The van der Waals surface area contributed by atoms with Crippen molar-refractivity contribution in [3.8, 4) is 0 Å². The molecule has 1 aromatic rings. The van der Waals surface area contributed by atoms with E-state index >= 15 is 0 Å². The van der Waals surface area contributed by atoms with Crippen molar-refractivity contribution in [1.82, 2.24) is 4.90 Å². The van der Waals surface area contributed by atoms with Crippen LogP contribution in [0, 0.1) is 0 Å². The van der Waals surface area contributed by atoms with Gasteiger partial charge in [0.2, 0.25) is 0 Å². The van der Waals surface area contributed by atoms with E-state index < -0.39 is 26.6 Å². The summed E-state index contributed by atoms with van der Waals surface area (Å²) in [6.45, 7) is 9.85. The Morgan fingerprint density at radius 1 is 1.38 bits per heavy atom. The van der Waals surface area contributed by atoms with Gasteiger partial charge in [-0.05, 0) is 30.3 Å². The molecule has 1 saturated heterocycles. The normalized spacial score (nSPS) is 20.6. The molecule has 2 amide bonds. The molecule has 0 N–H and O–H groups in total. The SMILES string of the molecule is C=CCOC(=O)N1C(=O)C(O[Si](CC)(CC)CC)C1c1ccco1. The van der Waals surface area contributed by atoms with Crippen molar-refractivity contribution in [2.24, 2.45) is 0 Å². The first-order chi connectivity index (χ1) is 11.5. The Morgan fingerprint density at radius 2 is 2.04 bits per heavy atom. The van der Waals surface area contributed by atoms with E-state index in [0.29, 0.717) is 5.76 Å².